The highest BCUT2D eigenvalue weighted by molar-refractivity contribution is 8.04. The Morgan fingerprint density at radius 2 is 1.91 bits per heavy atom. The third-order valence-corrected chi connectivity index (χ3v) is 7.01. The summed E-state index contributed by atoms with van der Waals surface area (Å²) in [5.41, 5.74) is 2.24. The van der Waals surface area contributed by atoms with Crippen LogP contribution in [0.2, 0.25) is 0 Å². The van der Waals surface area contributed by atoms with E-state index in [1.807, 2.05) is 48.5 Å². The zero-order valence-electron chi connectivity index (χ0n) is 18.8. The van der Waals surface area contributed by atoms with Gasteiger partial charge in [-0.3, -0.25) is 9.59 Å². The molecule has 0 spiro atoms. The van der Waals surface area contributed by atoms with Crippen molar-refractivity contribution in [3.8, 4) is 0 Å². The van der Waals surface area contributed by atoms with Crippen molar-refractivity contribution in [1.82, 2.24) is 10.2 Å². The number of piperidine rings is 1. The quantitative estimate of drug-likeness (QED) is 0.488. The van der Waals surface area contributed by atoms with E-state index < -0.39 is 0 Å². The van der Waals surface area contributed by atoms with E-state index in [-0.39, 0.29) is 11.8 Å². The number of fused-ring (bicyclic) bond motifs is 1. The summed E-state index contributed by atoms with van der Waals surface area (Å²) in [6.45, 7) is 8.61. The predicted molar refractivity (Wildman–Crippen MR) is 132 cm³/mol. The number of anilines is 1. The van der Waals surface area contributed by atoms with Gasteiger partial charge in [0.1, 0.15) is 0 Å². The molecule has 0 radical (unpaired) electrons. The summed E-state index contributed by atoms with van der Waals surface area (Å²) in [6, 6.07) is 15.3. The normalized spacial score (nSPS) is 22.3. The first-order valence-corrected chi connectivity index (χ1v) is 12.2. The average Bonchev–Trinajstić information content (AvgIpc) is 2.77. The van der Waals surface area contributed by atoms with E-state index in [0.29, 0.717) is 22.7 Å². The zero-order valence-corrected chi connectivity index (χ0v) is 19.6. The van der Waals surface area contributed by atoms with Crippen LogP contribution in [0.4, 0.5) is 5.69 Å². The Balaban J connectivity index is 1.31. The van der Waals surface area contributed by atoms with Crippen LogP contribution in [-0.4, -0.2) is 42.9 Å². The third kappa shape index (κ3) is 5.81. The molecule has 32 heavy (non-hydrogen) atoms. The smallest absolute Gasteiger partial charge is 0.262 e. The van der Waals surface area contributed by atoms with Crippen LogP contribution < -0.4 is 10.6 Å². The molecule has 0 unspecified atom stereocenters. The molecule has 2 heterocycles. The number of likely N-dealkylation sites (tertiary alicyclic amines) is 1. The molecule has 2 N–H and O–H groups in total. The monoisotopic (exact) mass is 449 g/mol. The number of rotatable bonds is 6. The number of hydrogen-bond donors (Lipinski definition) is 2. The molecule has 5 nitrogen and oxygen atoms in total. The van der Waals surface area contributed by atoms with E-state index in [4.69, 9.17) is 0 Å². The van der Waals surface area contributed by atoms with Crippen LogP contribution in [0, 0.1) is 11.8 Å². The minimum absolute atomic E-state index is 0.0990. The first-order chi connectivity index (χ1) is 15.5. The molecular weight excluding hydrogens is 418 g/mol. The topological polar surface area (TPSA) is 61.4 Å². The largest absolute Gasteiger partial charge is 0.352 e. The van der Waals surface area contributed by atoms with Crippen LogP contribution in [-0.2, 0) is 4.79 Å². The van der Waals surface area contributed by atoms with Crippen LogP contribution in [0.15, 0.2) is 58.3 Å². The fraction of sp³-hybridized carbons (Fsp3) is 0.385. The highest BCUT2D eigenvalue weighted by Gasteiger charge is 2.23. The molecule has 2 aliphatic heterocycles. The van der Waals surface area contributed by atoms with Gasteiger partial charge in [0.25, 0.3) is 11.8 Å². The number of amides is 2. The van der Waals surface area contributed by atoms with Crippen molar-refractivity contribution in [2.75, 3.05) is 31.5 Å². The number of benzene rings is 2. The van der Waals surface area contributed by atoms with Crippen molar-refractivity contribution >= 4 is 35.3 Å². The molecule has 0 saturated carbocycles. The van der Waals surface area contributed by atoms with Crippen LogP contribution in [0.25, 0.3) is 6.08 Å². The van der Waals surface area contributed by atoms with E-state index >= 15 is 0 Å². The molecule has 2 amide bonds. The van der Waals surface area contributed by atoms with E-state index in [0.717, 1.165) is 48.3 Å². The number of thioether (sulfide) groups is 1. The van der Waals surface area contributed by atoms with Crippen molar-refractivity contribution < 1.29 is 9.59 Å². The van der Waals surface area contributed by atoms with Crippen molar-refractivity contribution in [3.63, 3.8) is 0 Å². The maximum atomic E-state index is 12.6. The highest BCUT2D eigenvalue weighted by Crippen LogP contribution is 2.39. The number of nitrogens with one attached hydrogen (secondary N) is 2. The lowest BCUT2D eigenvalue weighted by atomic mass is 9.92. The first-order valence-electron chi connectivity index (χ1n) is 11.4. The Bertz CT molecular complexity index is 995. The van der Waals surface area contributed by atoms with Gasteiger partial charge in [0, 0.05) is 30.1 Å². The summed E-state index contributed by atoms with van der Waals surface area (Å²) in [5.74, 6) is 1.26. The number of nitrogens with zero attached hydrogens (tertiary/aromatic N) is 1. The maximum Gasteiger partial charge on any atom is 0.262 e. The lowest BCUT2D eigenvalue weighted by Crippen LogP contribution is -2.40. The van der Waals surface area contributed by atoms with E-state index in [1.165, 1.54) is 18.2 Å². The molecule has 2 aromatic carbocycles. The average molecular weight is 450 g/mol. The van der Waals surface area contributed by atoms with E-state index in [2.05, 4.69) is 29.4 Å². The van der Waals surface area contributed by atoms with E-state index in [1.54, 1.807) is 6.07 Å². The summed E-state index contributed by atoms with van der Waals surface area (Å²) in [6.07, 6.45) is 4.13. The molecule has 0 bridgehead atoms. The zero-order chi connectivity index (χ0) is 22.5. The fourth-order valence-corrected chi connectivity index (χ4v) is 5.52. The first kappa shape index (κ1) is 22.6. The summed E-state index contributed by atoms with van der Waals surface area (Å²) < 4.78 is 0. The second kappa shape index (κ2) is 10.4. The molecule has 2 aliphatic rings. The van der Waals surface area contributed by atoms with Crippen molar-refractivity contribution in [3.05, 3.63) is 64.6 Å². The standard InChI is InChI=1S/C26H31N3O2S/c1-18-13-19(2)17-29(16-18)12-6-11-27-25(30)21-9-10-23-22(15-21)28-26(31)24(32-23)14-20-7-4-3-5-8-20/h3-5,7-10,14-15,18-19H,6,11-13,16-17H2,1-2H3,(H,27,30)(H,28,31)/b24-14-/t18-,19+. The third-order valence-electron chi connectivity index (χ3n) is 5.91. The number of carbonyl (C=O) groups is 2. The van der Waals surface area contributed by atoms with Gasteiger partial charge in [0.15, 0.2) is 0 Å². The Hall–Kier alpha value is -2.57. The molecule has 168 valence electrons. The van der Waals surface area contributed by atoms with Crippen molar-refractivity contribution in [1.29, 1.82) is 0 Å². The molecule has 2 atom stereocenters. The Labute approximate surface area is 194 Å². The SMILES string of the molecule is C[C@@H]1C[C@H](C)CN(CCCNC(=O)c2ccc3c(c2)NC(=O)/C(=C/c2ccccc2)S3)C1. The van der Waals surface area contributed by atoms with Gasteiger partial charge in [-0.05, 0) is 61.1 Å². The number of hydrogen-bond acceptors (Lipinski definition) is 4. The maximum absolute atomic E-state index is 12.6. The van der Waals surface area contributed by atoms with E-state index in [9.17, 15) is 9.59 Å². The Morgan fingerprint density at radius 1 is 1.16 bits per heavy atom. The van der Waals surface area contributed by atoms with Gasteiger partial charge in [-0.1, -0.05) is 55.9 Å². The van der Waals surface area contributed by atoms with Gasteiger partial charge >= 0.3 is 0 Å². The summed E-state index contributed by atoms with van der Waals surface area (Å²) in [5, 5.41) is 5.95. The lowest BCUT2D eigenvalue weighted by Gasteiger charge is -2.34. The van der Waals surface area contributed by atoms with Crippen molar-refractivity contribution in [2.45, 2.75) is 31.6 Å². The van der Waals surface area contributed by atoms with Gasteiger partial charge in [0.05, 0.1) is 10.6 Å². The molecule has 2 aromatic rings. The van der Waals surface area contributed by atoms with Crippen LogP contribution in [0.3, 0.4) is 0 Å². The van der Waals surface area contributed by atoms with Crippen LogP contribution >= 0.6 is 11.8 Å². The molecular formula is C26H31N3O2S. The van der Waals surface area contributed by atoms with Gasteiger partial charge < -0.3 is 15.5 Å². The molecule has 1 saturated heterocycles. The highest BCUT2D eigenvalue weighted by atomic mass is 32.2. The van der Waals surface area contributed by atoms with Gasteiger partial charge in [0.2, 0.25) is 0 Å². The predicted octanol–water partition coefficient (Wildman–Crippen LogP) is 4.87. The van der Waals surface area contributed by atoms with Gasteiger partial charge in [-0.25, -0.2) is 0 Å². The molecule has 1 fully saturated rings. The molecule has 0 aromatic heterocycles. The second-order valence-corrected chi connectivity index (χ2v) is 10.1. The van der Waals surface area contributed by atoms with Crippen molar-refractivity contribution in [2.24, 2.45) is 11.8 Å². The minimum atomic E-state index is -0.145. The summed E-state index contributed by atoms with van der Waals surface area (Å²) in [7, 11) is 0. The minimum Gasteiger partial charge on any atom is -0.352 e. The summed E-state index contributed by atoms with van der Waals surface area (Å²) in [4.78, 5) is 29.3. The van der Waals surface area contributed by atoms with Gasteiger partial charge in [-0.15, -0.1) is 0 Å². The second-order valence-electron chi connectivity index (χ2n) is 9.00. The van der Waals surface area contributed by atoms with Gasteiger partial charge in [-0.2, -0.15) is 0 Å². The Morgan fingerprint density at radius 3 is 2.66 bits per heavy atom. The molecule has 4 rings (SSSR count). The van der Waals surface area contributed by atoms with Crippen LogP contribution in [0.5, 0.6) is 0 Å². The molecule has 0 aliphatic carbocycles. The Kier molecular flexibility index (Phi) is 7.33. The summed E-state index contributed by atoms with van der Waals surface area (Å²) >= 11 is 1.43. The number of carbonyl (C=O) groups excluding carboxylic acids is 2. The lowest BCUT2D eigenvalue weighted by molar-refractivity contribution is -0.112. The van der Waals surface area contributed by atoms with Crippen LogP contribution in [0.1, 0.15) is 42.6 Å². The fourth-order valence-electron chi connectivity index (χ4n) is 4.58. The molecule has 6 heteroatoms.